The van der Waals surface area contributed by atoms with Crippen LogP contribution in [0.4, 0.5) is 0 Å². The molecule has 0 heterocycles. The number of aryl methyl sites for hydroxylation is 4. The molecule has 4 rings (SSSR count). The quantitative estimate of drug-likeness (QED) is 0.248. The average molecular weight is 487 g/mol. The van der Waals surface area contributed by atoms with E-state index in [0.717, 1.165) is 35.3 Å². The Kier molecular flexibility index (Phi) is 7.85. The summed E-state index contributed by atoms with van der Waals surface area (Å²) in [6.07, 6.45) is 2.83. The predicted octanol–water partition coefficient (Wildman–Crippen LogP) is 6.18. The molecule has 3 N–H and O–H groups in total. The molecule has 6 heteroatoms. The van der Waals surface area contributed by atoms with Crippen LogP contribution in [-0.4, -0.2) is 29.5 Å². The van der Waals surface area contributed by atoms with E-state index < -0.39 is 0 Å². The maximum Gasteiger partial charge on any atom is 0.169 e. The first-order chi connectivity index (χ1) is 17.4. The monoisotopic (exact) mass is 486 g/mol. The molecule has 0 aliphatic carbocycles. The van der Waals surface area contributed by atoms with Gasteiger partial charge in [0.1, 0.15) is 28.7 Å². The Morgan fingerprint density at radius 3 is 1.75 bits per heavy atom. The molecule has 36 heavy (non-hydrogen) atoms. The van der Waals surface area contributed by atoms with E-state index in [0.29, 0.717) is 30.1 Å². The van der Waals surface area contributed by atoms with Crippen LogP contribution >= 0.6 is 0 Å². The van der Waals surface area contributed by atoms with E-state index in [1.807, 2.05) is 42.5 Å². The van der Waals surface area contributed by atoms with Crippen molar-refractivity contribution in [2.24, 2.45) is 0 Å². The summed E-state index contributed by atoms with van der Waals surface area (Å²) in [5.74, 6) is 2.62. The van der Waals surface area contributed by atoms with Gasteiger partial charge in [0.2, 0.25) is 0 Å². The molecule has 0 bridgehead atoms. The fraction of sp³-hybridized carbons (Fsp3) is 0.200. The summed E-state index contributed by atoms with van der Waals surface area (Å²) in [6, 6.07) is 23.5. The molecule has 0 aliphatic heterocycles. The van der Waals surface area contributed by atoms with E-state index in [-0.39, 0.29) is 17.2 Å². The molecule has 4 aromatic carbocycles. The molecule has 0 saturated heterocycles. The number of methoxy groups -OCH3 is 2. The minimum Gasteiger partial charge on any atom is -0.508 e. The van der Waals surface area contributed by atoms with Gasteiger partial charge in [0, 0.05) is 12.1 Å². The number of aromatic hydroxyl groups is 3. The normalized spacial score (nSPS) is 10.7. The van der Waals surface area contributed by atoms with Crippen molar-refractivity contribution in [2.75, 3.05) is 14.2 Å². The first-order valence-electron chi connectivity index (χ1n) is 11.7. The van der Waals surface area contributed by atoms with E-state index in [2.05, 4.69) is 6.07 Å². The van der Waals surface area contributed by atoms with Crippen LogP contribution in [0.5, 0.6) is 40.2 Å². The smallest absolute Gasteiger partial charge is 0.169 e. The van der Waals surface area contributed by atoms with Gasteiger partial charge in [-0.25, -0.2) is 0 Å². The minimum absolute atomic E-state index is 0.0170. The van der Waals surface area contributed by atoms with Crippen LogP contribution in [0.2, 0.25) is 0 Å². The highest BCUT2D eigenvalue weighted by Crippen LogP contribution is 2.35. The van der Waals surface area contributed by atoms with Crippen LogP contribution in [0, 0.1) is 0 Å². The Morgan fingerprint density at radius 1 is 0.500 bits per heavy atom. The van der Waals surface area contributed by atoms with Gasteiger partial charge in [0.05, 0.1) is 14.2 Å². The molecule has 0 fully saturated rings. The molecule has 0 aromatic heterocycles. The van der Waals surface area contributed by atoms with Crippen molar-refractivity contribution < 1.29 is 29.5 Å². The summed E-state index contributed by atoms with van der Waals surface area (Å²) in [7, 11) is 3.26. The SMILES string of the molecule is COc1cccc(CCc2ccc(OC)c(Oc3cc(O)cc(CCc4cc(O)cc(O)c4)c3)c2)c1. The number of hydrogen-bond acceptors (Lipinski definition) is 6. The van der Waals surface area contributed by atoms with E-state index in [1.54, 1.807) is 38.5 Å². The topological polar surface area (TPSA) is 88.4 Å². The van der Waals surface area contributed by atoms with Crippen LogP contribution in [0.25, 0.3) is 0 Å². The predicted molar refractivity (Wildman–Crippen MR) is 139 cm³/mol. The molecule has 0 aliphatic rings. The fourth-order valence-corrected chi connectivity index (χ4v) is 4.14. The van der Waals surface area contributed by atoms with E-state index in [4.69, 9.17) is 14.2 Å². The largest absolute Gasteiger partial charge is 0.508 e. The van der Waals surface area contributed by atoms with Crippen LogP contribution in [0.15, 0.2) is 78.9 Å². The zero-order valence-corrected chi connectivity index (χ0v) is 20.4. The third-order valence-corrected chi connectivity index (χ3v) is 5.91. The standard InChI is InChI=1S/C30H30O6/c1-34-27-5-3-4-20(15-27)6-7-21-10-11-29(35-2)30(17-21)36-28-16-23(14-26(33)19-28)9-8-22-12-24(31)18-25(32)13-22/h3-5,10-19,31-33H,6-9H2,1-2H3. The van der Waals surface area contributed by atoms with E-state index in [1.165, 1.54) is 11.6 Å². The number of phenolic OH excluding ortho intramolecular Hbond substituents is 3. The van der Waals surface area contributed by atoms with Crippen LogP contribution in [-0.2, 0) is 25.7 Å². The molecule has 6 nitrogen and oxygen atoms in total. The summed E-state index contributed by atoms with van der Waals surface area (Å²) < 4.78 is 17.0. The molecular weight excluding hydrogens is 456 g/mol. The molecule has 0 spiro atoms. The number of rotatable bonds is 10. The Bertz CT molecular complexity index is 1310. The van der Waals surface area contributed by atoms with Crippen molar-refractivity contribution in [2.45, 2.75) is 25.7 Å². The lowest BCUT2D eigenvalue weighted by molar-refractivity contribution is 0.377. The Hall–Kier alpha value is -4.32. The van der Waals surface area contributed by atoms with Crippen LogP contribution in [0.3, 0.4) is 0 Å². The van der Waals surface area contributed by atoms with Crippen molar-refractivity contribution in [1.82, 2.24) is 0 Å². The van der Waals surface area contributed by atoms with Gasteiger partial charge in [-0.05, 0) is 96.5 Å². The zero-order chi connectivity index (χ0) is 25.5. The maximum atomic E-state index is 10.3. The zero-order valence-electron chi connectivity index (χ0n) is 20.4. The second-order valence-electron chi connectivity index (χ2n) is 8.63. The van der Waals surface area contributed by atoms with Crippen molar-refractivity contribution >= 4 is 0 Å². The number of phenols is 3. The number of ether oxygens (including phenoxy) is 3. The summed E-state index contributed by atoms with van der Waals surface area (Å²) in [5.41, 5.74) is 3.94. The molecule has 0 atom stereocenters. The molecular formula is C30H30O6. The Balaban J connectivity index is 1.48. The average Bonchev–Trinajstić information content (AvgIpc) is 2.86. The third kappa shape index (κ3) is 6.63. The van der Waals surface area contributed by atoms with Crippen molar-refractivity contribution in [3.8, 4) is 40.2 Å². The molecule has 0 amide bonds. The van der Waals surface area contributed by atoms with Gasteiger partial charge in [-0.15, -0.1) is 0 Å². The first-order valence-corrected chi connectivity index (χ1v) is 11.7. The number of benzene rings is 4. The van der Waals surface area contributed by atoms with Gasteiger partial charge in [-0.1, -0.05) is 18.2 Å². The van der Waals surface area contributed by atoms with Crippen molar-refractivity contribution in [1.29, 1.82) is 0 Å². The number of hydrogen-bond donors (Lipinski definition) is 3. The van der Waals surface area contributed by atoms with Gasteiger partial charge in [-0.2, -0.15) is 0 Å². The second kappa shape index (κ2) is 11.4. The van der Waals surface area contributed by atoms with Gasteiger partial charge >= 0.3 is 0 Å². The third-order valence-electron chi connectivity index (χ3n) is 5.91. The summed E-state index contributed by atoms with van der Waals surface area (Å²) in [4.78, 5) is 0. The summed E-state index contributed by atoms with van der Waals surface area (Å²) in [6.45, 7) is 0. The van der Waals surface area contributed by atoms with Gasteiger partial charge in [0.15, 0.2) is 11.5 Å². The van der Waals surface area contributed by atoms with Crippen LogP contribution in [0.1, 0.15) is 22.3 Å². The van der Waals surface area contributed by atoms with Crippen molar-refractivity contribution in [3.63, 3.8) is 0 Å². The highest BCUT2D eigenvalue weighted by Gasteiger charge is 2.10. The van der Waals surface area contributed by atoms with Gasteiger partial charge < -0.3 is 29.5 Å². The summed E-state index contributed by atoms with van der Waals surface area (Å²) in [5, 5.41) is 29.7. The van der Waals surface area contributed by atoms with Crippen molar-refractivity contribution in [3.05, 3.63) is 101 Å². The minimum atomic E-state index is 0.0170. The molecule has 186 valence electrons. The maximum absolute atomic E-state index is 10.3. The fourth-order valence-electron chi connectivity index (χ4n) is 4.14. The molecule has 4 aromatic rings. The lowest BCUT2D eigenvalue weighted by Gasteiger charge is -2.14. The van der Waals surface area contributed by atoms with Gasteiger partial charge in [0.25, 0.3) is 0 Å². The lowest BCUT2D eigenvalue weighted by Crippen LogP contribution is -1.96. The Labute approximate surface area is 211 Å². The molecule has 0 radical (unpaired) electrons. The highest BCUT2D eigenvalue weighted by molar-refractivity contribution is 5.48. The Morgan fingerprint density at radius 2 is 1.08 bits per heavy atom. The first kappa shape index (κ1) is 24.8. The van der Waals surface area contributed by atoms with E-state index in [9.17, 15) is 15.3 Å². The van der Waals surface area contributed by atoms with Gasteiger partial charge in [-0.3, -0.25) is 0 Å². The second-order valence-corrected chi connectivity index (χ2v) is 8.63. The summed E-state index contributed by atoms with van der Waals surface area (Å²) >= 11 is 0. The lowest BCUT2D eigenvalue weighted by atomic mass is 10.0. The molecule has 0 unspecified atom stereocenters. The highest BCUT2D eigenvalue weighted by atomic mass is 16.5. The van der Waals surface area contributed by atoms with E-state index >= 15 is 0 Å². The molecule has 0 saturated carbocycles. The van der Waals surface area contributed by atoms with Crippen LogP contribution < -0.4 is 14.2 Å².